The van der Waals surface area contributed by atoms with Crippen molar-refractivity contribution in [1.29, 1.82) is 0 Å². The van der Waals surface area contributed by atoms with Crippen LogP contribution in [0.4, 0.5) is 5.82 Å². The molecule has 2 aliphatic rings. The quantitative estimate of drug-likeness (QED) is 0.774. The molecule has 0 spiro atoms. The van der Waals surface area contributed by atoms with E-state index in [2.05, 4.69) is 52.9 Å². The minimum atomic E-state index is 0.511. The number of fused-ring (bicyclic) bond motifs is 1. The van der Waals surface area contributed by atoms with E-state index in [1.807, 2.05) is 30.1 Å². The molecular weight excluding hydrogens is 354 g/mol. The summed E-state index contributed by atoms with van der Waals surface area (Å²) in [6, 6.07) is 13.4. The Morgan fingerprint density at radius 2 is 2.07 bits per heavy atom. The van der Waals surface area contributed by atoms with Gasteiger partial charge in [0.1, 0.15) is 0 Å². The summed E-state index contributed by atoms with van der Waals surface area (Å²) in [5.74, 6) is 4.40. The molecule has 144 valence electrons. The van der Waals surface area contributed by atoms with Crippen molar-refractivity contribution in [3.63, 3.8) is 0 Å². The number of piperazine rings is 1. The summed E-state index contributed by atoms with van der Waals surface area (Å²) in [6.07, 6.45) is 1.85. The molecule has 1 aromatic carbocycles. The van der Waals surface area contributed by atoms with Gasteiger partial charge in [-0.3, -0.25) is 4.90 Å². The van der Waals surface area contributed by atoms with Gasteiger partial charge in [0, 0.05) is 49.1 Å². The zero-order valence-corrected chi connectivity index (χ0v) is 17.3. The Balaban J connectivity index is 1.39. The number of benzene rings is 1. The van der Waals surface area contributed by atoms with Gasteiger partial charge < -0.3 is 9.64 Å². The Hall–Kier alpha value is -1.72. The molecule has 3 unspecified atom stereocenters. The Bertz CT molecular complexity index is 784. The molecule has 0 amide bonds. The second kappa shape index (κ2) is 8.11. The Kier molecular flexibility index (Phi) is 5.60. The maximum Gasteiger partial charge on any atom is 0.171 e. The van der Waals surface area contributed by atoms with E-state index in [9.17, 15) is 0 Å². The number of pyridine rings is 1. The van der Waals surface area contributed by atoms with Crippen LogP contribution in [-0.2, 0) is 0 Å². The molecule has 2 aliphatic heterocycles. The second-order valence-corrected chi connectivity index (χ2v) is 8.81. The van der Waals surface area contributed by atoms with Crippen molar-refractivity contribution in [3.05, 3.63) is 48.2 Å². The predicted octanol–water partition coefficient (Wildman–Crippen LogP) is 4.13. The van der Waals surface area contributed by atoms with Crippen molar-refractivity contribution in [2.75, 3.05) is 43.9 Å². The molecule has 1 saturated heterocycles. The lowest BCUT2D eigenvalue weighted by atomic mass is 9.88. The number of thioether (sulfide) groups is 1. The third kappa shape index (κ3) is 3.81. The molecule has 0 bridgehead atoms. The first-order chi connectivity index (χ1) is 13.2. The van der Waals surface area contributed by atoms with Crippen molar-refractivity contribution in [1.82, 2.24) is 9.88 Å². The van der Waals surface area contributed by atoms with Gasteiger partial charge in [0.2, 0.25) is 0 Å². The molecule has 3 heterocycles. The van der Waals surface area contributed by atoms with Crippen LogP contribution in [0.3, 0.4) is 0 Å². The minimum absolute atomic E-state index is 0.511. The molecule has 5 heteroatoms. The van der Waals surface area contributed by atoms with Crippen molar-refractivity contribution in [2.45, 2.75) is 30.7 Å². The first-order valence-corrected chi connectivity index (χ1v) is 10.9. The van der Waals surface area contributed by atoms with Crippen molar-refractivity contribution >= 4 is 17.6 Å². The first-order valence-electron chi connectivity index (χ1n) is 9.87. The van der Waals surface area contributed by atoms with Crippen LogP contribution >= 0.6 is 11.8 Å². The van der Waals surface area contributed by atoms with E-state index in [1.165, 1.54) is 10.6 Å². The van der Waals surface area contributed by atoms with Gasteiger partial charge in [0.25, 0.3) is 0 Å². The van der Waals surface area contributed by atoms with Crippen LogP contribution < -0.4 is 9.64 Å². The molecule has 0 radical (unpaired) electrons. The molecule has 4 nitrogen and oxygen atoms in total. The number of ether oxygens (including phenoxy) is 1. The Labute approximate surface area is 166 Å². The number of hydrogen-bond acceptors (Lipinski definition) is 5. The summed E-state index contributed by atoms with van der Waals surface area (Å²) >= 11 is 2.02. The number of methoxy groups -OCH3 is 1. The highest BCUT2D eigenvalue weighted by molar-refractivity contribution is 7.99. The van der Waals surface area contributed by atoms with Crippen LogP contribution in [0.5, 0.6) is 5.75 Å². The normalized spacial score (nSPS) is 23.9. The van der Waals surface area contributed by atoms with E-state index < -0.39 is 0 Å². The maximum absolute atomic E-state index is 5.51. The van der Waals surface area contributed by atoms with E-state index in [1.54, 1.807) is 12.7 Å². The smallest absolute Gasteiger partial charge is 0.171 e. The summed E-state index contributed by atoms with van der Waals surface area (Å²) in [7, 11) is 1.72. The predicted molar refractivity (Wildman–Crippen MR) is 113 cm³/mol. The monoisotopic (exact) mass is 383 g/mol. The largest absolute Gasteiger partial charge is 0.493 e. The molecule has 3 atom stereocenters. The molecule has 2 aromatic rings. The second-order valence-electron chi connectivity index (χ2n) is 7.75. The highest BCUT2D eigenvalue weighted by atomic mass is 32.2. The summed E-state index contributed by atoms with van der Waals surface area (Å²) < 4.78 is 5.51. The average molecular weight is 384 g/mol. The standard InChI is InChI=1S/C22H29N3OS/c1-16(19-15-27-21-9-5-4-7-18(19)21)13-24-11-12-25(14-17(24)2)22-20(26-3)8-6-10-23-22/h4-10,16-17,19H,11-15H2,1-3H3. The van der Waals surface area contributed by atoms with Gasteiger partial charge in [-0.1, -0.05) is 25.1 Å². The highest BCUT2D eigenvalue weighted by Crippen LogP contribution is 2.43. The molecule has 1 aromatic heterocycles. The average Bonchev–Trinajstić information content (AvgIpc) is 3.13. The lowest BCUT2D eigenvalue weighted by Crippen LogP contribution is -2.53. The minimum Gasteiger partial charge on any atom is -0.493 e. The van der Waals surface area contributed by atoms with Crippen molar-refractivity contribution < 1.29 is 4.74 Å². The number of nitrogens with zero attached hydrogens (tertiary/aromatic N) is 3. The van der Waals surface area contributed by atoms with E-state index in [4.69, 9.17) is 4.74 Å². The van der Waals surface area contributed by atoms with Crippen LogP contribution in [0, 0.1) is 5.92 Å². The van der Waals surface area contributed by atoms with E-state index >= 15 is 0 Å². The molecule has 1 fully saturated rings. The Morgan fingerprint density at radius 3 is 2.89 bits per heavy atom. The van der Waals surface area contributed by atoms with Crippen molar-refractivity contribution in [2.24, 2.45) is 5.92 Å². The summed E-state index contributed by atoms with van der Waals surface area (Å²) in [6.45, 7) is 9.00. The van der Waals surface area contributed by atoms with Crippen molar-refractivity contribution in [3.8, 4) is 5.75 Å². The third-order valence-corrected chi connectivity index (χ3v) is 7.19. The van der Waals surface area contributed by atoms with Gasteiger partial charge in [-0.05, 0) is 42.5 Å². The number of aromatic nitrogens is 1. The maximum atomic E-state index is 5.51. The Morgan fingerprint density at radius 1 is 1.22 bits per heavy atom. The lowest BCUT2D eigenvalue weighted by molar-refractivity contribution is 0.157. The summed E-state index contributed by atoms with van der Waals surface area (Å²) in [5, 5.41) is 0. The number of anilines is 1. The zero-order chi connectivity index (χ0) is 18.8. The molecule has 0 aliphatic carbocycles. The first kappa shape index (κ1) is 18.6. The number of hydrogen-bond donors (Lipinski definition) is 0. The zero-order valence-electron chi connectivity index (χ0n) is 16.5. The fraction of sp³-hybridized carbons (Fsp3) is 0.500. The van der Waals surface area contributed by atoms with E-state index in [0.29, 0.717) is 17.9 Å². The van der Waals surface area contributed by atoms with Crippen LogP contribution in [0.1, 0.15) is 25.3 Å². The van der Waals surface area contributed by atoms with Gasteiger partial charge in [-0.15, -0.1) is 11.8 Å². The molecule has 27 heavy (non-hydrogen) atoms. The van der Waals surface area contributed by atoms with Gasteiger partial charge in [-0.2, -0.15) is 0 Å². The molecule has 0 N–H and O–H groups in total. The van der Waals surface area contributed by atoms with Crippen LogP contribution in [-0.4, -0.2) is 55.0 Å². The fourth-order valence-electron chi connectivity index (χ4n) is 4.39. The SMILES string of the molecule is COc1cccnc1N1CCN(CC(C)C2CSc3ccccc32)C(C)C1. The fourth-order valence-corrected chi connectivity index (χ4v) is 5.82. The summed E-state index contributed by atoms with van der Waals surface area (Å²) in [5.41, 5.74) is 1.56. The van der Waals surface area contributed by atoms with Gasteiger partial charge in [-0.25, -0.2) is 4.98 Å². The van der Waals surface area contributed by atoms with Crippen LogP contribution in [0.25, 0.3) is 0 Å². The van der Waals surface area contributed by atoms with Gasteiger partial charge in [0.05, 0.1) is 7.11 Å². The van der Waals surface area contributed by atoms with Gasteiger partial charge >= 0.3 is 0 Å². The summed E-state index contributed by atoms with van der Waals surface area (Å²) in [4.78, 5) is 11.1. The molecule has 0 saturated carbocycles. The van der Waals surface area contributed by atoms with Crippen LogP contribution in [0.15, 0.2) is 47.5 Å². The van der Waals surface area contributed by atoms with Gasteiger partial charge in [0.15, 0.2) is 11.6 Å². The van der Waals surface area contributed by atoms with Crippen LogP contribution in [0.2, 0.25) is 0 Å². The topological polar surface area (TPSA) is 28.6 Å². The highest BCUT2D eigenvalue weighted by Gasteiger charge is 2.32. The molecular formula is C22H29N3OS. The lowest BCUT2D eigenvalue weighted by Gasteiger charge is -2.42. The molecule has 4 rings (SSSR count). The number of rotatable bonds is 5. The van der Waals surface area contributed by atoms with E-state index in [0.717, 1.165) is 37.7 Å². The third-order valence-electron chi connectivity index (χ3n) is 5.98. The van der Waals surface area contributed by atoms with E-state index in [-0.39, 0.29) is 0 Å².